The molecule has 0 bridgehead atoms. The summed E-state index contributed by atoms with van der Waals surface area (Å²) in [6.45, 7) is 0. The zero-order chi connectivity index (χ0) is 12.9. The van der Waals surface area contributed by atoms with E-state index in [0.29, 0.717) is 0 Å². The highest BCUT2D eigenvalue weighted by Crippen LogP contribution is 2.52. The average Bonchev–Trinajstić information content (AvgIpc) is 2.11. The van der Waals surface area contributed by atoms with Crippen LogP contribution in [0.25, 0.3) is 0 Å². The molecule has 1 aliphatic heterocycles. The Kier molecular flexibility index (Phi) is 2.85. The molecule has 1 fully saturated rings. The number of halogens is 9. The van der Waals surface area contributed by atoms with Crippen molar-refractivity contribution >= 4 is 0 Å². The van der Waals surface area contributed by atoms with Crippen LogP contribution in [0.4, 0.5) is 39.5 Å². The molecule has 0 saturated carbocycles. The molecule has 0 aromatic carbocycles. The minimum Gasteiger partial charge on any atom is -0.332 e. The summed E-state index contributed by atoms with van der Waals surface area (Å²) in [4.78, 5) is 0. The lowest BCUT2D eigenvalue weighted by Crippen LogP contribution is -2.67. The first-order valence-electron chi connectivity index (χ1n) is 3.69. The van der Waals surface area contributed by atoms with Crippen molar-refractivity contribution in [1.29, 1.82) is 0 Å². The van der Waals surface area contributed by atoms with Crippen LogP contribution in [0.3, 0.4) is 0 Å². The van der Waals surface area contributed by atoms with Gasteiger partial charge in [0.2, 0.25) is 6.36 Å². The highest BCUT2D eigenvalue weighted by molar-refractivity contribution is 5.03. The molecule has 0 unspecified atom stereocenters. The van der Waals surface area contributed by atoms with Crippen molar-refractivity contribution in [1.82, 2.24) is 0 Å². The Morgan fingerprint density at radius 1 is 0.812 bits per heavy atom. The molecule has 16 heavy (non-hydrogen) atoms. The van der Waals surface area contributed by atoms with Crippen molar-refractivity contribution < 1.29 is 44.3 Å². The second kappa shape index (κ2) is 3.41. The largest absolute Gasteiger partial charge is 0.459 e. The fourth-order valence-electron chi connectivity index (χ4n) is 0.991. The van der Waals surface area contributed by atoms with Gasteiger partial charge in [0.1, 0.15) is 0 Å². The minimum atomic E-state index is -6.58. The molecule has 1 heterocycles. The van der Waals surface area contributed by atoms with Gasteiger partial charge < -0.3 is 4.74 Å². The molecular weight excluding hydrogens is 259 g/mol. The molecule has 0 radical (unpaired) electrons. The van der Waals surface area contributed by atoms with Crippen LogP contribution in [0.2, 0.25) is 0 Å². The Hall–Kier alpha value is -0.670. The zero-order valence-corrected chi connectivity index (χ0v) is 7.04. The second-order valence-electron chi connectivity index (χ2n) is 3.05. The minimum absolute atomic E-state index is 2.92. The third-order valence-electron chi connectivity index (χ3n) is 1.95. The first-order chi connectivity index (χ1) is 6.93. The van der Waals surface area contributed by atoms with E-state index >= 15 is 0 Å². The number of ether oxygens (including phenoxy) is 1. The molecule has 0 amide bonds. The second-order valence-corrected chi connectivity index (χ2v) is 3.05. The molecular formula is C6H3F9O. The standard InChI is InChI=1S/C6H3F9O/c7-1-2(16-3(1)8)4(9,10)5(11,12)6(13,14)15/h1-3H/t1-,2+,3+/m1/s1. The van der Waals surface area contributed by atoms with E-state index in [1.165, 1.54) is 0 Å². The summed E-state index contributed by atoms with van der Waals surface area (Å²) in [7, 11) is 0. The molecule has 96 valence electrons. The van der Waals surface area contributed by atoms with Crippen LogP contribution in [-0.2, 0) is 4.74 Å². The van der Waals surface area contributed by atoms with Gasteiger partial charge in [0.15, 0.2) is 12.3 Å². The maximum atomic E-state index is 12.6. The molecule has 1 nitrogen and oxygen atoms in total. The van der Waals surface area contributed by atoms with Crippen LogP contribution in [0.15, 0.2) is 0 Å². The van der Waals surface area contributed by atoms with Crippen LogP contribution in [0, 0.1) is 0 Å². The molecule has 0 N–H and O–H groups in total. The van der Waals surface area contributed by atoms with Gasteiger partial charge >= 0.3 is 18.0 Å². The summed E-state index contributed by atoms with van der Waals surface area (Å²) in [5.41, 5.74) is 0. The lowest BCUT2D eigenvalue weighted by molar-refractivity contribution is -0.410. The third-order valence-corrected chi connectivity index (χ3v) is 1.95. The van der Waals surface area contributed by atoms with Crippen molar-refractivity contribution in [3.63, 3.8) is 0 Å². The predicted molar refractivity (Wildman–Crippen MR) is 30.6 cm³/mol. The van der Waals surface area contributed by atoms with Crippen LogP contribution < -0.4 is 0 Å². The fourth-order valence-corrected chi connectivity index (χ4v) is 0.991. The van der Waals surface area contributed by atoms with Gasteiger partial charge in [-0.2, -0.15) is 30.7 Å². The average molecular weight is 262 g/mol. The summed E-state index contributed by atoms with van der Waals surface area (Å²) in [6, 6.07) is 0. The van der Waals surface area contributed by atoms with E-state index in [4.69, 9.17) is 0 Å². The smallest absolute Gasteiger partial charge is 0.332 e. The lowest BCUT2D eigenvalue weighted by atomic mass is 9.97. The molecule has 1 aliphatic rings. The lowest BCUT2D eigenvalue weighted by Gasteiger charge is -2.42. The van der Waals surface area contributed by atoms with Gasteiger partial charge in [0, 0.05) is 0 Å². The van der Waals surface area contributed by atoms with Crippen LogP contribution >= 0.6 is 0 Å². The van der Waals surface area contributed by atoms with E-state index in [0.717, 1.165) is 0 Å². The van der Waals surface area contributed by atoms with Gasteiger partial charge in [0.25, 0.3) is 0 Å². The fraction of sp³-hybridized carbons (Fsp3) is 1.00. The first kappa shape index (κ1) is 13.4. The van der Waals surface area contributed by atoms with Crippen molar-refractivity contribution in [3.05, 3.63) is 0 Å². The van der Waals surface area contributed by atoms with Gasteiger partial charge in [-0.1, -0.05) is 0 Å². The van der Waals surface area contributed by atoms with Crippen molar-refractivity contribution in [3.8, 4) is 0 Å². The van der Waals surface area contributed by atoms with E-state index in [-0.39, 0.29) is 0 Å². The SMILES string of the molecule is F[C@H]1[C@@H](F)O[C@@H]1C(F)(F)C(F)(F)C(F)(F)F. The first-order valence-corrected chi connectivity index (χ1v) is 3.69. The van der Waals surface area contributed by atoms with E-state index in [1.54, 1.807) is 0 Å². The maximum absolute atomic E-state index is 12.6. The van der Waals surface area contributed by atoms with E-state index in [9.17, 15) is 39.5 Å². The van der Waals surface area contributed by atoms with E-state index < -0.39 is 36.7 Å². The van der Waals surface area contributed by atoms with Gasteiger partial charge in [-0.25, -0.2) is 8.78 Å². The Balaban J connectivity index is 2.94. The molecule has 0 spiro atoms. The highest BCUT2D eigenvalue weighted by atomic mass is 19.4. The molecule has 1 saturated heterocycles. The number of rotatable bonds is 2. The molecule has 0 aliphatic carbocycles. The van der Waals surface area contributed by atoms with Crippen LogP contribution in [0.1, 0.15) is 0 Å². The molecule has 1 rings (SSSR count). The van der Waals surface area contributed by atoms with Gasteiger partial charge in [-0.3, -0.25) is 0 Å². The number of hydrogen-bond donors (Lipinski definition) is 0. The van der Waals surface area contributed by atoms with E-state index in [2.05, 4.69) is 4.74 Å². The molecule has 0 aromatic heterocycles. The summed E-state index contributed by atoms with van der Waals surface area (Å²) < 4.78 is 112. The van der Waals surface area contributed by atoms with Gasteiger partial charge in [-0.15, -0.1) is 0 Å². The highest BCUT2D eigenvalue weighted by Gasteiger charge is 2.79. The molecule has 0 aromatic rings. The maximum Gasteiger partial charge on any atom is 0.459 e. The van der Waals surface area contributed by atoms with Gasteiger partial charge in [0.05, 0.1) is 0 Å². The van der Waals surface area contributed by atoms with Crippen LogP contribution in [-0.4, -0.2) is 36.7 Å². The van der Waals surface area contributed by atoms with Crippen molar-refractivity contribution in [2.24, 2.45) is 0 Å². The van der Waals surface area contributed by atoms with Crippen molar-refractivity contribution in [2.45, 2.75) is 36.7 Å². The number of hydrogen-bond acceptors (Lipinski definition) is 1. The van der Waals surface area contributed by atoms with Gasteiger partial charge in [-0.05, 0) is 0 Å². The molecule has 10 heteroatoms. The Morgan fingerprint density at radius 2 is 1.25 bits per heavy atom. The normalized spacial score (nSPS) is 32.4. The van der Waals surface area contributed by atoms with Crippen LogP contribution in [0.5, 0.6) is 0 Å². The summed E-state index contributed by atoms with van der Waals surface area (Å²) in [5, 5.41) is 0. The monoisotopic (exact) mass is 262 g/mol. The third kappa shape index (κ3) is 1.62. The summed E-state index contributed by atoms with van der Waals surface area (Å²) in [6.07, 6.45) is -16.2. The summed E-state index contributed by atoms with van der Waals surface area (Å²) in [5.74, 6) is -12.4. The Morgan fingerprint density at radius 3 is 1.50 bits per heavy atom. The predicted octanol–water partition coefficient (Wildman–Crippen LogP) is 2.85. The summed E-state index contributed by atoms with van der Waals surface area (Å²) >= 11 is 0. The quantitative estimate of drug-likeness (QED) is 0.695. The number of alkyl halides is 9. The topological polar surface area (TPSA) is 9.23 Å². The Labute approximate surface area is 82.2 Å². The van der Waals surface area contributed by atoms with E-state index in [1.807, 2.05) is 0 Å². The Bertz CT molecular complexity index is 272. The van der Waals surface area contributed by atoms with Crippen molar-refractivity contribution in [2.75, 3.05) is 0 Å². The zero-order valence-electron chi connectivity index (χ0n) is 7.04. The molecule has 3 atom stereocenters.